The lowest BCUT2D eigenvalue weighted by atomic mass is 9.96. The standard InChI is InChI=1S/C33H22ClN3O4/c34-23-12-10-20(11-13-23)18-37-19-27(25-8-4-5-9-29(25)37)31(38)32(39)30-26(21-6-2-1-3-7-21)17-22-16-24(35-33(40)41)14-15-28(22)36-30/h1-17,19,35H,18H2,(H,40,41). The Morgan fingerprint density at radius 3 is 2.32 bits per heavy atom. The number of para-hydroxylation sites is 1. The number of anilines is 1. The van der Waals surface area contributed by atoms with Gasteiger partial charge in [-0.15, -0.1) is 0 Å². The van der Waals surface area contributed by atoms with Crippen LogP contribution in [0.5, 0.6) is 0 Å². The lowest BCUT2D eigenvalue weighted by molar-refractivity contribution is 0.0815. The van der Waals surface area contributed by atoms with E-state index in [0.29, 0.717) is 50.2 Å². The van der Waals surface area contributed by atoms with Crippen molar-refractivity contribution in [2.75, 3.05) is 5.32 Å². The van der Waals surface area contributed by atoms with Crippen LogP contribution in [-0.2, 0) is 6.54 Å². The second-order valence-corrected chi connectivity index (χ2v) is 10.00. The molecule has 0 bridgehead atoms. The number of ketones is 2. The van der Waals surface area contributed by atoms with Gasteiger partial charge in [0, 0.05) is 45.3 Å². The fraction of sp³-hybridized carbons (Fsp3) is 0.0303. The highest BCUT2D eigenvalue weighted by Gasteiger charge is 2.27. The summed E-state index contributed by atoms with van der Waals surface area (Å²) in [5.41, 5.74) is 4.17. The molecule has 0 aliphatic carbocycles. The third kappa shape index (κ3) is 5.18. The van der Waals surface area contributed by atoms with Gasteiger partial charge in [-0.3, -0.25) is 14.9 Å². The summed E-state index contributed by atoms with van der Waals surface area (Å²) in [6.45, 7) is 0.495. The summed E-state index contributed by atoms with van der Waals surface area (Å²) in [5, 5.41) is 13.4. The largest absolute Gasteiger partial charge is 0.465 e. The Kier molecular flexibility index (Phi) is 6.79. The molecular weight excluding hydrogens is 538 g/mol. The zero-order valence-electron chi connectivity index (χ0n) is 21.5. The molecule has 0 saturated carbocycles. The molecule has 6 rings (SSSR count). The van der Waals surface area contributed by atoms with E-state index in [0.717, 1.165) is 11.1 Å². The maximum atomic E-state index is 13.9. The Bertz CT molecular complexity index is 1960. The van der Waals surface area contributed by atoms with Gasteiger partial charge in [0.15, 0.2) is 0 Å². The van der Waals surface area contributed by atoms with Crippen molar-refractivity contribution in [3.63, 3.8) is 0 Å². The molecule has 0 saturated heterocycles. The molecule has 0 fully saturated rings. The second-order valence-electron chi connectivity index (χ2n) is 9.56. The van der Waals surface area contributed by atoms with Gasteiger partial charge >= 0.3 is 6.09 Å². The van der Waals surface area contributed by atoms with Crippen LogP contribution in [0.3, 0.4) is 0 Å². The Hall–Kier alpha value is -5.27. The van der Waals surface area contributed by atoms with Gasteiger partial charge in [0.2, 0.25) is 5.78 Å². The van der Waals surface area contributed by atoms with Gasteiger partial charge in [0.25, 0.3) is 5.78 Å². The van der Waals surface area contributed by atoms with Crippen molar-refractivity contribution in [3.05, 3.63) is 131 Å². The molecule has 4 aromatic carbocycles. The predicted molar refractivity (Wildman–Crippen MR) is 160 cm³/mol. The SMILES string of the molecule is O=C(O)Nc1ccc2nc(C(=O)C(=O)c3cn(Cc4ccc(Cl)cc4)c4ccccc34)c(-c3ccccc3)cc2c1. The van der Waals surface area contributed by atoms with Crippen molar-refractivity contribution in [1.82, 2.24) is 9.55 Å². The zero-order valence-corrected chi connectivity index (χ0v) is 22.3. The Labute approximate surface area is 239 Å². The minimum Gasteiger partial charge on any atom is -0.465 e. The Morgan fingerprint density at radius 1 is 0.829 bits per heavy atom. The molecule has 6 aromatic rings. The van der Waals surface area contributed by atoms with Gasteiger partial charge in [-0.25, -0.2) is 9.78 Å². The number of carbonyl (C=O) groups is 3. The zero-order chi connectivity index (χ0) is 28.5. The van der Waals surface area contributed by atoms with Gasteiger partial charge in [-0.2, -0.15) is 0 Å². The molecule has 8 heteroatoms. The summed E-state index contributed by atoms with van der Waals surface area (Å²) >= 11 is 6.05. The fourth-order valence-corrected chi connectivity index (χ4v) is 5.09. The minimum absolute atomic E-state index is 0.0298. The van der Waals surface area contributed by atoms with Gasteiger partial charge in [-0.05, 0) is 53.6 Å². The Morgan fingerprint density at radius 2 is 1.56 bits per heavy atom. The highest BCUT2D eigenvalue weighted by Crippen LogP contribution is 2.31. The number of nitrogens with zero attached hydrogens (tertiary/aromatic N) is 2. The van der Waals surface area contributed by atoms with Crippen molar-refractivity contribution in [1.29, 1.82) is 0 Å². The van der Waals surface area contributed by atoms with E-state index in [-0.39, 0.29) is 5.69 Å². The number of aromatic nitrogens is 2. The normalized spacial score (nSPS) is 11.0. The van der Waals surface area contributed by atoms with Crippen LogP contribution in [0.2, 0.25) is 5.02 Å². The average molecular weight is 560 g/mol. The number of Topliss-reactive ketones (excluding diaryl/α,β-unsaturated/α-hetero) is 2. The van der Waals surface area contributed by atoms with E-state index in [2.05, 4.69) is 10.3 Å². The van der Waals surface area contributed by atoms with Crippen LogP contribution < -0.4 is 5.32 Å². The van der Waals surface area contributed by atoms with Crippen LogP contribution in [0.25, 0.3) is 32.9 Å². The van der Waals surface area contributed by atoms with E-state index < -0.39 is 17.7 Å². The van der Waals surface area contributed by atoms with Crippen LogP contribution in [0, 0.1) is 0 Å². The molecule has 7 nitrogen and oxygen atoms in total. The minimum atomic E-state index is -1.19. The molecule has 0 aliphatic heterocycles. The van der Waals surface area contributed by atoms with Gasteiger partial charge in [0.1, 0.15) is 5.69 Å². The van der Waals surface area contributed by atoms with Crippen molar-refractivity contribution in [2.45, 2.75) is 6.54 Å². The first-order chi connectivity index (χ1) is 19.9. The molecule has 0 atom stereocenters. The lowest BCUT2D eigenvalue weighted by Crippen LogP contribution is -2.17. The molecule has 1 amide bonds. The summed E-state index contributed by atoms with van der Waals surface area (Å²) in [4.78, 5) is 43.5. The van der Waals surface area contributed by atoms with Crippen LogP contribution in [0.4, 0.5) is 10.5 Å². The lowest BCUT2D eigenvalue weighted by Gasteiger charge is -2.11. The molecular formula is C33H22ClN3O4. The quantitative estimate of drug-likeness (QED) is 0.154. The number of halogens is 1. The number of rotatable bonds is 7. The summed E-state index contributed by atoms with van der Waals surface area (Å²) in [6.07, 6.45) is 0.528. The number of amides is 1. The average Bonchev–Trinajstić information content (AvgIpc) is 3.35. The molecule has 0 aliphatic rings. The van der Waals surface area contributed by atoms with Gasteiger partial charge in [0.05, 0.1) is 11.1 Å². The number of carbonyl (C=O) groups excluding carboxylic acids is 2. The number of benzene rings is 4. The van der Waals surface area contributed by atoms with Crippen molar-refractivity contribution in [3.8, 4) is 11.1 Å². The van der Waals surface area contributed by atoms with Crippen molar-refractivity contribution in [2.24, 2.45) is 0 Å². The number of hydrogen-bond acceptors (Lipinski definition) is 4. The summed E-state index contributed by atoms with van der Waals surface area (Å²) < 4.78 is 1.95. The predicted octanol–water partition coefficient (Wildman–Crippen LogP) is 7.71. The van der Waals surface area contributed by atoms with Gasteiger partial charge < -0.3 is 9.67 Å². The molecule has 0 radical (unpaired) electrons. The molecule has 41 heavy (non-hydrogen) atoms. The number of nitrogens with one attached hydrogen (secondary N) is 1. The van der Waals surface area contributed by atoms with E-state index in [1.54, 1.807) is 30.5 Å². The fourth-order valence-electron chi connectivity index (χ4n) is 4.96. The monoisotopic (exact) mass is 559 g/mol. The molecule has 200 valence electrons. The number of fused-ring (bicyclic) bond motifs is 2. The maximum absolute atomic E-state index is 13.9. The topological polar surface area (TPSA) is 101 Å². The molecule has 0 unspecified atom stereocenters. The highest BCUT2D eigenvalue weighted by molar-refractivity contribution is 6.51. The number of hydrogen-bond donors (Lipinski definition) is 2. The van der Waals surface area contributed by atoms with Crippen LogP contribution in [0.1, 0.15) is 26.4 Å². The van der Waals surface area contributed by atoms with E-state index >= 15 is 0 Å². The van der Waals surface area contributed by atoms with E-state index in [1.165, 1.54) is 0 Å². The molecule has 0 spiro atoms. The molecule has 2 aromatic heterocycles. The maximum Gasteiger partial charge on any atom is 0.409 e. The smallest absolute Gasteiger partial charge is 0.409 e. The van der Waals surface area contributed by atoms with Crippen LogP contribution in [0.15, 0.2) is 109 Å². The van der Waals surface area contributed by atoms with Crippen LogP contribution in [-0.4, -0.2) is 32.3 Å². The van der Waals surface area contributed by atoms with E-state index in [1.807, 2.05) is 83.4 Å². The first-order valence-electron chi connectivity index (χ1n) is 12.8. The van der Waals surface area contributed by atoms with E-state index in [4.69, 9.17) is 16.7 Å². The number of pyridine rings is 1. The molecule has 2 N–H and O–H groups in total. The number of carboxylic acid groups (broad SMARTS) is 1. The summed E-state index contributed by atoms with van der Waals surface area (Å²) in [7, 11) is 0. The van der Waals surface area contributed by atoms with Crippen molar-refractivity contribution < 1.29 is 19.5 Å². The van der Waals surface area contributed by atoms with Crippen molar-refractivity contribution >= 4 is 56.8 Å². The van der Waals surface area contributed by atoms with Crippen LogP contribution >= 0.6 is 11.6 Å². The highest BCUT2D eigenvalue weighted by atomic mass is 35.5. The van der Waals surface area contributed by atoms with Gasteiger partial charge in [-0.1, -0.05) is 72.3 Å². The Balaban J connectivity index is 1.45. The summed E-state index contributed by atoms with van der Waals surface area (Å²) in [6, 6.07) is 30.7. The summed E-state index contributed by atoms with van der Waals surface area (Å²) in [5.74, 6) is -1.39. The van der Waals surface area contributed by atoms with E-state index in [9.17, 15) is 14.4 Å². The second kappa shape index (κ2) is 10.7. The molecule has 2 heterocycles. The third-order valence-electron chi connectivity index (χ3n) is 6.87. The third-order valence-corrected chi connectivity index (χ3v) is 7.12. The first kappa shape index (κ1) is 26.0. The first-order valence-corrected chi connectivity index (χ1v) is 13.2.